The fraction of sp³-hybridized carbons (Fsp3) is 0.111. The number of hydrazone groups is 1. The van der Waals surface area contributed by atoms with Crippen molar-refractivity contribution in [2.24, 2.45) is 5.10 Å². The Labute approximate surface area is 140 Å². The highest BCUT2D eigenvalue weighted by atomic mass is 35.5. The van der Waals surface area contributed by atoms with Crippen LogP contribution in [-0.2, 0) is 0 Å². The minimum atomic E-state index is -0.335. The maximum atomic E-state index is 12.3. The normalized spacial score (nSPS) is 11.0. The van der Waals surface area contributed by atoms with Gasteiger partial charge in [-0.1, -0.05) is 48.5 Å². The average molecular weight is 329 g/mol. The number of amides is 1. The Morgan fingerprint density at radius 3 is 2.65 bits per heavy atom. The molecule has 0 saturated heterocycles. The van der Waals surface area contributed by atoms with Gasteiger partial charge in [0.2, 0.25) is 0 Å². The van der Waals surface area contributed by atoms with E-state index in [2.05, 4.69) is 17.1 Å². The summed E-state index contributed by atoms with van der Waals surface area (Å²) in [6.07, 6.45) is 1.62. The lowest BCUT2D eigenvalue weighted by Crippen LogP contribution is -2.20. The van der Waals surface area contributed by atoms with Crippen LogP contribution in [0.5, 0.6) is 5.75 Å². The van der Waals surface area contributed by atoms with Gasteiger partial charge in [-0.05, 0) is 36.8 Å². The Kier molecular flexibility index (Phi) is 5.94. The summed E-state index contributed by atoms with van der Waals surface area (Å²) < 4.78 is 5.47. The lowest BCUT2D eigenvalue weighted by atomic mass is 10.1. The van der Waals surface area contributed by atoms with Crippen LogP contribution in [0.25, 0.3) is 0 Å². The average Bonchev–Trinajstić information content (AvgIpc) is 2.58. The van der Waals surface area contributed by atoms with Gasteiger partial charge in [-0.15, -0.1) is 0 Å². The van der Waals surface area contributed by atoms with Crippen molar-refractivity contribution >= 4 is 23.2 Å². The van der Waals surface area contributed by atoms with Crippen molar-refractivity contribution in [2.75, 3.05) is 6.61 Å². The second-order valence-corrected chi connectivity index (χ2v) is 5.18. The summed E-state index contributed by atoms with van der Waals surface area (Å²) >= 11 is 5.85. The van der Waals surface area contributed by atoms with E-state index in [1.54, 1.807) is 42.5 Å². The maximum Gasteiger partial charge on any atom is 0.275 e. The number of nitrogens with zero attached hydrogens (tertiary/aromatic N) is 1. The number of nitrogens with one attached hydrogen (secondary N) is 1. The third-order valence-corrected chi connectivity index (χ3v) is 3.33. The third-order valence-electron chi connectivity index (χ3n) is 3.08. The summed E-state index contributed by atoms with van der Waals surface area (Å²) in [6.45, 7) is 5.73. The number of benzene rings is 2. The molecule has 0 aliphatic rings. The molecule has 2 rings (SSSR count). The fourth-order valence-corrected chi connectivity index (χ4v) is 2.01. The van der Waals surface area contributed by atoms with Gasteiger partial charge in [0.1, 0.15) is 12.4 Å². The minimum Gasteiger partial charge on any atom is -0.489 e. The van der Waals surface area contributed by atoms with Gasteiger partial charge in [0.05, 0.1) is 11.3 Å². The highest BCUT2D eigenvalue weighted by Gasteiger charge is 2.11. The predicted octanol–water partition coefficient (Wildman–Crippen LogP) is 4.06. The van der Waals surface area contributed by atoms with E-state index in [1.165, 1.54) is 0 Å². The van der Waals surface area contributed by atoms with Crippen molar-refractivity contribution in [3.8, 4) is 5.75 Å². The molecule has 0 aliphatic heterocycles. The number of para-hydroxylation sites is 1. The first kappa shape index (κ1) is 16.8. The predicted molar refractivity (Wildman–Crippen MR) is 93.3 cm³/mol. The molecule has 1 N–H and O–H groups in total. The van der Waals surface area contributed by atoms with Gasteiger partial charge in [-0.2, -0.15) is 5.10 Å². The molecule has 5 heteroatoms. The molecule has 0 saturated carbocycles. The number of carbonyl (C=O) groups excluding carboxylic acids is 1. The summed E-state index contributed by atoms with van der Waals surface area (Å²) in [5, 5.41) is 4.77. The van der Waals surface area contributed by atoms with Crippen LogP contribution in [0.1, 0.15) is 22.8 Å². The van der Waals surface area contributed by atoms with Crippen LogP contribution in [0.3, 0.4) is 0 Å². The first-order chi connectivity index (χ1) is 11.1. The van der Waals surface area contributed by atoms with E-state index in [1.807, 2.05) is 19.1 Å². The Bertz CT molecular complexity index is 724. The van der Waals surface area contributed by atoms with E-state index in [4.69, 9.17) is 16.3 Å². The molecule has 0 aliphatic carbocycles. The Hall–Kier alpha value is -2.59. The number of ether oxygens (including phenoxy) is 1. The monoisotopic (exact) mass is 328 g/mol. The Morgan fingerprint density at radius 1 is 1.26 bits per heavy atom. The lowest BCUT2D eigenvalue weighted by molar-refractivity contribution is 0.0951. The maximum absolute atomic E-state index is 12.3. The molecular weight excluding hydrogens is 312 g/mol. The summed E-state index contributed by atoms with van der Waals surface area (Å²) in [5.41, 5.74) is 4.52. The van der Waals surface area contributed by atoms with E-state index in [0.717, 1.165) is 5.56 Å². The Balaban J connectivity index is 2.11. The van der Waals surface area contributed by atoms with Crippen LogP contribution in [0.4, 0.5) is 0 Å². The van der Waals surface area contributed by atoms with Crippen LogP contribution >= 0.6 is 11.6 Å². The smallest absolute Gasteiger partial charge is 0.275 e. The second-order valence-electron chi connectivity index (χ2n) is 4.74. The molecule has 1 amide bonds. The molecular formula is C18H17ClN2O2. The quantitative estimate of drug-likeness (QED) is 0.494. The fourth-order valence-electron chi connectivity index (χ4n) is 1.88. The van der Waals surface area contributed by atoms with Gasteiger partial charge in [0.25, 0.3) is 5.91 Å². The number of hydrogen-bond donors (Lipinski definition) is 1. The zero-order chi connectivity index (χ0) is 16.7. The molecule has 0 unspecified atom stereocenters. The molecule has 118 valence electrons. The molecule has 0 heterocycles. The zero-order valence-electron chi connectivity index (χ0n) is 12.8. The number of halogens is 1. The lowest BCUT2D eigenvalue weighted by Gasteiger charge is -2.09. The van der Waals surface area contributed by atoms with Crippen molar-refractivity contribution in [1.29, 1.82) is 0 Å². The Morgan fingerprint density at radius 2 is 1.96 bits per heavy atom. The van der Waals surface area contributed by atoms with Gasteiger partial charge in [0.15, 0.2) is 0 Å². The molecule has 0 spiro atoms. The standard InChI is InChI=1S/C18H17ClN2O2/c1-3-12-23-17-7-5-4-6-16(17)18(22)21-20-13(2)14-8-10-15(19)11-9-14/h3-11H,1,12H2,2H3,(H,21,22). The topological polar surface area (TPSA) is 50.7 Å². The van der Waals surface area contributed by atoms with Crippen molar-refractivity contribution < 1.29 is 9.53 Å². The molecule has 0 bridgehead atoms. The number of carbonyl (C=O) groups is 1. The van der Waals surface area contributed by atoms with Crippen molar-refractivity contribution in [1.82, 2.24) is 5.43 Å². The zero-order valence-corrected chi connectivity index (χ0v) is 13.5. The highest BCUT2D eigenvalue weighted by Crippen LogP contribution is 2.18. The van der Waals surface area contributed by atoms with E-state index in [0.29, 0.717) is 28.7 Å². The van der Waals surface area contributed by atoms with E-state index in [-0.39, 0.29) is 5.91 Å². The molecule has 0 aromatic heterocycles. The first-order valence-corrected chi connectivity index (χ1v) is 7.43. The molecule has 0 radical (unpaired) electrons. The molecule has 2 aromatic rings. The molecule has 0 atom stereocenters. The van der Waals surface area contributed by atoms with Crippen LogP contribution in [0, 0.1) is 0 Å². The minimum absolute atomic E-state index is 0.331. The van der Waals surface area contributed by atoms with Crippen LogP contribution in [0.2, 0.25) is 5.02 Å². The van der Waals surface area contributed by atoms with Crippen molar-refractivity contribution in [3.05, 3.63) is 77.3 Å². The van der Waals surface area contributed by atoms with E-state index < -0.39 is 0 Å². The van der Waals surface area contributed by atoms with Gasteiger partial charge in [0, 0.05) is 5.02 Å². The van der Waals surface area contributed by atoms with Crippen LogP contribution in [-0.4, -0.2) is 18.2 Å². The van der Waals surface area contributed by atoms with Gasteiger partial charge in [-0.25, -0.2) is 5.43 Å². The van der Waals surface area contributed by atoms with E-state index in [9.17, 15) is 4.79 Å². The van der Waals surface area contributed by atoms with Gasteiger partial charge >= 0.3 is 0 Å². The summed E-state index contributed by atoms with van der Waals surface area (Å²) in [4.78, 5) is 12.3. The van der Waals surface area contributed by atoms with Crippen LogP contribution in [0.15, 0.2) is 66.3 Å². The summed E-state index contributed by atoms with van der Waals surface area (Å²) in [7, 11) is 0. The summed E-state index contributed by atoms with van der Waals surface area (Å²) in [5.74, 6) is 0.155. The summed E-state index contributed by atoms with van der Waals surface area (Å²) in [6, 6.07) is 14.2. The molecule has 2 aromatic carbocycles. The first-order valence-electron chi connectivity index (χ1n) is 7.05. The number of rotatable bonds is 6. The molecule has 4 nitrogen and oxygen atoms in total. The van der Waals surface area contributed by atoms with Crippen LogP contribution < -0.4 is 10.2 Å². The van der Waals surface area contributed by atoms with Crippen molar-refractivity contribution in [2.45, 2.75) is 6.92 Å². The van der Waals surface area contributed by atoms with Gasteiger partial charge < -0.3 is 4.74 Å². The SMILES string of the molecule is C=CCOc1ccccc1C(=O)NN=C(C)c1ccc(Cl)cc1. The molecule has 0 fully saturated rings. The van der Waals surface area contributed by atoms with Crippen molar-refractivity contribution in [3.63, 3.8) is 0 Å². The van der Waals surface area contributed by atoms with Gasteiger partial charge in [-0.3, -0.25) is 4.79 Å². The largest absolute Gasteiger partial charge is 0.489 e. The van der Waals surface area contributed by atoms with E-state index >= 15 is 0 Å². The number of hydrogen-bond acceptors (Lipinski definition) is 3. The third kappa shape index (κ3) is 4.69. The highest BCUT2D eigenvalue weighted by molar-refractivity contribution is 6.30. The molecule has 23 heavy (non-hydrogen) atoms. The second kappa shape index (κ2) is 8.15.